The lowest BCUT2D eigenvalue weighted by atomic mass is 10.2. The molecule has 0 aliphatic carbocycles. The van der Waals surface area contributed by atoms with Crippen LogP contribution < -0.4 is 5.32 Å². The van der Waals surface area contributed by atoms with E-state index in [1.165, 1.54) is 0 Å². The summed E-state index contributed by atoms with van der Waals surface area (Å²) >= 11 is 7.60. The van der Waals surface area contributed by atoms with Crippen LogP contribution in [0.3, 0.4) is 0 Å². The Bertz CT molecular complexity index is 406. The summed E-state index contributed by atoms with van der Waals surface area (Å²) in [5.41, 5.74) is 0.586. The highest BCUT2D eigenvalue weighted by Gasteiger charge is 2.11. The first-order valence-corrected chi connectivity index (χ1v) is 6.19. The summed E-state index contributed by atoms with van der Waals surface area (Å²) in [7, 11) is 0. The molecule has 0 saturated carbocycles. The van der Waals surface area contributed by atoms with Gasteiger partial charge in [0.2, 0.25) is 0 Å². The molecule has 0 bridgehead atoms. The summed E-state index contributed by atoms with van der Waals surface area (Å²) < 4.78 is 0.910. The van der Waals surface area contributed by atoms with Crippen molar-refractivity contribution in [3.8, 4) is 0 Å². The monoisotopic (exact) mass is 299 g/mol. The Morgan fingerprint density at radius 2 is 2.38 bits per heavy atom. The summed E-state index contributed by atoms with van der Waals surface area (Å²) in [6, 6.07) is 5.46. The van der Waals surface area contributed by atoms with Crippen LogP contribution in [0.5, 0.6) is 0 Å². The number of hydrogen-bond donors (Lipinski definition) is 2. The van der Waals surface area contributed by atoms with E-state index >= 15 is 0 Å². The van der Waals surface area contributed by atoms with Crippen LogP contribution in [-0.2, 0) is 0 Å². The first-order valence-electron chi connectivity index (χ1n) is 4.95. The van der Waals surface area contributed by atoms with Crippen molar-refractivity contribution in [3.63, 3.8) is 0 Å². The Morgan fingerprint density at radius 1 is 1.69 bits per heavy atom. The smallest absolute Gasteiger partial charge is 0.252 e. The van der Waals surface area contributed by atoms with Crippen molar-refractivity contribution in [2.45, 2.75) is 24.3 Å². The molecule has 0 aromatic heterocycles. The van der Waals surface area contributed by atoms with E-state index in [4.69, 9.17) is 0 Å². The average Bonchev–Trinajstić information content (AvgIpc) is 2.17. The topological polar surface area (TPSA) is 29.1 Å². The highest BCUT2D eigenvalue weighted by atomic mass is 79.9. The number of thiol groups is 1. The fourth-order valence-electron chi connectivity index (χ4n) is 1.31. The molecular formula is C12H14BrNOS. The number of nitrogens with one attached hydrogen (secondary N) is 1. The lowest BCUT2D eigenvalue weighted by molar-refractivity contribution is 0.0937. The van der Waals surface area contributed by atoms with E-state index in [0.717, 1.165) is 10.9 Å². The minimum absolute atomic E-state index is 0.0846. The normalized spacial score (nSPS) is 11.9. The minimum Gasteiger partial charge on any atom is -0.349 e. The van der Waals surface area contributed by atoms with Gasteiger partial charge < -0.3 is 5.32 Å². The quantitative estimate of drug-likeness (QED) is 0.647. The fourth-order valence-corrected chi connectivity index (χ4v) is 2.16. The lowest BCUT2D eigenvalue weighted by Gasteiger charge is -2.12. The van der Waals surface area contributed by atoms with Gasteiger partial charge in [0.05, 0.1) is 5.56 Å². The van der Waals surface area contributed by atoms with Crippen molar-refractivity contribution in [1.82, 2.24) is 5.32 Å². The van der Waals surface area contributed by atoms with Crippen LogP contribution in [0.2, 0.25) is 0 Å². The van der Waals surface area contributed by atoms with Gasteiger partial charge in [-0.05, 0) is 31.5 Å². The van der Waals surface area contributed by atoms with Gasteiger partial charge >= 0.3 is 0 Å². The average molecular weight is 300 g/mol. The maximum Gasteiger partial charge on any atom is 0.252 e. The molecule has 0 heterocycles. The molecule has 0 fully saturated rings. The van der Waals surface area contributed by atoms with E-state index in [2.05, 4.69) is 40.5 Å². The van der Waals surface area contributed by atoms with Crippen LogP contribution in [0.1, 0.15) is 23.7 Å². The van der Waals surface area contributed by atoms with Gasteiger partial charge in [0.15, 0.2) is 0 Å². The SMILES string of the molecule is C=CCC(C)NC(=O)c1ccc(Br)cc1S. The second kappa shape index (κ2) is 6.11. The van der Waals surface area contributed by atoms with Gasteiger partial charge in [-0.1, -0.05) is 22.0 Å². The Hall–Kier alpha value is -0.740. The molecule has 1 N–H and O–H groups in total. The van der Waals surface area contributed by atoms with Crippen molar-refractivity contribution in [2.24, 2.45) is 0 Å². The van der Waals surface area contributed by atoms with E-state index < -0.39 is 0 Å². The van der Waals surface area contributed by atoms with Gasteiger partial charge in [-0.25, -0.2) is 0 Å². The second-order valence-electron chi connectivity index (χ2n) is 3.56. The molecule has 1 aromatic rings. The number of rotatable bonds is 4. The van der Waals surface area contributed by atoms with Gasteiger partial charge in [-0.15, -0.1) is 19.2 Å². The number of benzene rings is 1. The molecular weight excluding hydrogens is 286 g/mol. The molecule has 1 unspecified atom stereocenters. The van der Waals surface area contributed by atoms with Crippen LogP contribution in [0.25, 0.3) is 0 Å². The van der Waals surface area contributed by atoms with Crippen molar-refractivity contribution in [1.29, 1.82) is 0 Å². The van der Waals surface area contributed by atoms with Crippen molar-refractivity contribution < 1.29 is 4.79 Å². The number of hydrogen-bond acceptors (Lipinski definition) is 2. The molecule has 1 atom stereocenters. The maximum absolute atomic E-state index is 11.9. The lowest BCUT2D eigenvalue weighted by Crippen LogP contribution is -2.32. The predicted octanol–water partition coefficient (Wildman–Crippen LogP) is 3.43. The molecule has 0 spiro atoms. The largest absolute Gasteiger partial charge is 0.349 e. The predicted molar refractivity (Wildman–Crippen MR) is 73.1 cm³/mol. The number of carbonyl (C=O) groups is 1. The molecule has 2 nitrogen and oxygen atoms in total. The third kappa shape index (κ3) is 3.68. The molecule has 0 radical (unpaired) electrons. The Kier molecular flexibility index (Phi) is 5.09. The van der Waals surface area contributed by atoms with E-state index in [0.29, 0.717) is 10.5 Å². The van der Waals surface area contributed by atoms with Crippen LogP contribution in [0, 0.1) is 0 Å². The third-order valence-electron chi connectivity index (χ3n) is 2.10. The van der Waals surface area contributed by atoms with Gasteiger partial charge in [0, 0.05) is 15.4 Å². The summed E-state index contributed by atoms with van der Waals surface area (Å²) in [5.74, 6) is -0.105. The minimum atomic E-state index is -0.105. The van der Waals surface area contributed by atoms with E-state index in [9.17, 15) is 4.79 Å². The molecule has 1 aromatic carbocycles. The molecule has 1 amide bonds. The molecule has 0 aliphatic heterocycles. The second-order valence-corrected chi connectivity index (χ2v) is 4.96. The van der Waals surface area contributed by atoms with Crippen LogP contribution in [-0.4, -0.2) is 11.9 Å². The molecule has 0 aliphatic rings. The van der Waals surface area contributed by atoms with Crippen LogP contribution in [0.4, 0.5) is 0 Å². The zero-order valence-corrected chi connectivity index (χ0v) is 11.5. The summed E-state index contributed by atoms with van der Waals surface area (Å²) in [5, 5.41) is 2.88. The highest BCUT2D eigenvalue weighted by Crippen LogP contribution is 2.19. The summed E-state index contributed by atoms with van der Waals surface area (Å²) in [6.45, 7) is 5.58. The van der Waals surface area contributed by atoms with E-state index in [1.54, 1.807) is 18.2 Å². The Morgan fingerprint density at radius 3 is 2.94 bits per heavy atom. The van der Waals surface area contributed by atoms with E-state index in [1.807, 2.05) is 13.0 Å². The third-order valence-corrected chi connectivity index (χ3v) is 2.97. The Labute approximate surface area is 110 Å². The highest BCUT2D eigenvalue weighted by molar-refractivity contribution is 9.10. The van der Waals surface area contributed by atoms with Crippen molar-refractivity contribution in [3.05, 3.63) is 40.9 Å². The number of amides is 1. The number of carbonyl (C=O) groups excluding carboxylic acids is 1. The fraction of sp³-hybridized carbons (Fsp3) is 0.250. The van der Waals surface area contributed by atoms with Crippen molar-refractivity contribution in [2.75, 3.05) is 0 Å². The number of halogens is 1. The standard InChI is InChI=1S/C12H14BrNOS/c1-3-4-8(2)14-12(15)10-6-5-9(13)7-11(10)16/h3,5-8,16H,1,4H2,2H3,(H,14,15). The van der Waals surface area contributed by atoms with Gasteiger partial charge in [-0.3, -0.25) is 4.79 Å². The van der Waals surface area contributed by atoms with E-state index in [-0.39, 0.29) is 11.9 Å². The molecule has 86 valence electrons. The Balaban J connectivity index is 2.76. The molecule has 0 saturated heterocycles. The van der Waals surface area contributed by atoms with Gasteiger partial charge in [0.1, 0.15) is 0 Å². The van der Waals surface area contributed by atoms with Gasteiger partial charge in [0.25, 0.3) is 5.91 Å². The van der Waals surface area contributed by atoms with Crippen molar-refractivity contribution >= 4 is 34.5 Å². The molecule has 16 heavy (non-hydrogen) atoms. The summed E-state index contributed by atoms with van der Waals surface area (Å²) in [6.07, 6.45) is 2.54. The van der Waals surface area contributed by atoms with Crippen LogP contribution in [0.15, 0.2) is 40.2 Å². The summed E-state index contributed by atoms with van der Waals surface area (Å²) in [4.78, 5) is 12.5. The first kappa shape index (κ1) is 13.3. The zero-order valence-electron chi connectivity index (χ0n) is 9.03. The first-order chi connectivity index (χ1) is 7.54. The maximum atomic E-state index is 11.9. The zero-order chi connectivity index (χ0) is 12.1. The van der Waals surface area contributed by atoms with Crippen LogP contribution >= 0.6 is 28.6 Å². The molecule has 1 rings (SSSR count). The van der Waals surface area contributed by atoms with Gasteiger partial charge in [-0.2, -0.15) is 0 Å². The molecule has 4 heteroatoms.